The maximum Gasteiger partial charge on any atom is 0.191 e. The van der Waals surface area contributed by atoms with E-state index in [1.54, 1.807) is 13.2 Å². The normalized spacial score (nSPS) is 10.5. The number of aromatic nitrogens is 2. The average Bonchev–Trinajstić information content (AvgIpc) is 2.93. The molecular formula is C15H19IN6. The lowest BCUT2D eigenvalue weighted by atomic mass is 10.1. The van der Waals surface area contributed by atoms with Gasteiger partial charge in [0.15, 0.2) is 5.96 Å². The van der Waals surface area contributed by atoms with Crippen molar-refractivity contribution >= 4 is 29.9 Å². The molecule has 0 saturated heterocycles. The summed E-state index contributed by atoms with van der Waals surface area (Å²) in [6, 6.07) is 11.5. The lowest BCUT2D eigenvalue weighted by Gasteiger charge is -2.12. The van der Waals surface area contributed by atoms with E-state index >= 15 is 0 Å². The number of hydrogen-bond donors (Lipinski definition) is 2. The number of guanidine groups is 1. The fraction of sp³-hybridized carbons (Fsp3) is 0.267. The van der Waals surface area contributed by atoms with Crippen LogP contribution < -0.4 is 10.6 Å². The standard InChI is InChI=1S/C15H18N6.HI/c1-17-15(19-11-14-7-8-20-21(14)2)18-10-13-5-3-12(9-16)4-6-13;/h3-8H,10-11H2,1-2H3,(H2,17,18,19);1H. The molecule has 0 radical (unpaired) electrons. The van der Waals surface area contributed by atoms with Crippen LogP contribution in [-0.2, 0) is 20.1 Å². The molecule has 0 unspecified atom stereocenters. The summed E-state index contributed by atoms with van der Waals surface area (Å²) in [4.78, 5) is 4.18. The maximum atomic E-state index is 8.77. The monoisotopic (exact) mass is 410 g/mol. The molecule has 0 aliphatic carbocycles. The number of nitrogens with one attached hydrogen (secondary N) is 2. The minimum atomic E-state index is 0. The Morgan fingerprint density at radius 1 is 1.23 bits per heavy atom. The van der Waals surface area contributed by atoms with Crippen molar-refractivity contribution in [2.75, 3.05) is 7.05 Å². The highest BCUT2D eigenvalue weighted by Gasteiger charge is 2.01. The van der Waals surface area contributed by atoms with Gasteiger partial charge in [-0.3, -0.25) is 9.67 Å². The second-order valence-corrected chi connectivity index (χ2v) is 4.53. The zero-order chi connectivity index (χ0) is 15.1. The summed E-state index contributed by atoms with van der Waals surface area (Å²) < 4.78 is 1.82. The third kappa shape index (κ3) is 5.04. The fourth-order valence-corrected chi connectivity index (χ4v) is 1.85. The minimum absolute atomic E-state index is 0. The van der Waals surface area contributed by atoms with Gasteiger partial charge in [-0.25, -0.2) is 0 Å². The van der Waals surface area contributed by atoms with Crippen molar-refractivity contribution in [1.82, 2.24) is 20.4 Å². The minimum Gasteiger partial charge on any atom is -0.352 e. The molecule has 1 heterocycles. The molecule has 1 aromatic carbocycles. The fourth-order valence-electron chi connectivity index (χ4n) is 1.85. The van der Waals surface area contributed by atoms with Gasteiger partial charge < -0.3 is 10.6 Å². The number of hydrogen-bond acceptors (Lipinski definition) is 3. The first-order valence-electron chi connectivity index (χ1n) is 6.63. The van der Waals surface area contributed by atoms with E-state index < -0.39 is 0 Å². The Labute approximate surface area is 147 Å². The topological polar surface area (TPSA) is 78.0 Å². The van der Waals surface area contributed by atoms with Crippen molar-refractivity contribution < 1.29 is 0 Å². The van der Waals surface area contributed by atoms with Crippen LogP contribution in [0.5, 0.6) is 0 Å². The summed E-state index contributed by atoms with van der Waals surface area (Å²) in [6.45, 7) is 1.31. The second kappa shape index (κ2) is 9.04. The quantitative estimate of drug-likeness (QED) is 0.458. The van der Waals surface area contributed by atoms with Crippen LogP contribution in [0.3, 0.4) is 0 Å². The molecule has 0 aliphatic rings. The maximum absolute atomic E-state index is 8.77. The summed E-state index contributed by atoms with van der Waals surface area (Å²) in [5.41, 5.74) is 2.84. The van der Waals surface area contributed by atoms with Crippen LogP contribution in [0, 0.1) is 11.3 Å². The molecule has 0 amide bonds. The Morgan fingerprint density at radius 3 is 2.45 bits per heavy atom. The predicted octanol–water partition coefficient (Wildman–Crippen LogP) is 1.77. The Bertz CT molecular complexity index is 653. The Morgan fingerprint density at radius 2 is 1.91 bits per heavy atom. The van der Waals surface area contributed by atoms with Crippen LogP contribution in [0.1, 0.15) is 16.8 Å². The first-order valence-corrected chi connectivity index (χ1v) is 6.63. The van der Waals surface area contributed by atoms with Crippen LogP contribution in [-0.4, -0.2) is 22.8 Å². The molecule has 2 aromatic rings. The summed E-state index contributed by atoms with van der Waals surface area (Å²) in [7, 11) is 3.64. The molecule has 0 aliphatic heterocycles. The molecule has 0 saturated carbocycles. The molecule has 2 rings (SSSR count). The van der Waals surface area contributed by atoms with E-state index in [1.807, 2.05) is 42.1 Å². The van der Waals surface area contributed by atoms with Crippen molar-refractivity contribution in [3.63, 3.8) is 0 Å². The third-order valence-electron chi connectivity index (χ3n) is 3.13. The van der Waals surface area contributed by atoms with Gasteiger partial charge >= 0.3 is 0 Å². The molecular weight excluding hydrogens is 391 g/mol. The van der Waals surface area contributed by atoms with Crippen LogP contribution in [0.4, 0.5) is 0 Å². The van der Waals surface area contributed by atoms with Crippen LogP contribution in [0.15, 0.2) is 41.5 Å². The van der Waals surface area contributed by atoms with Gasteiger partial charge in [-0.1, -0.05) is 12.1 Å². The highest BCUT2D eigenvalue weighted by Crippen LogP contribution is 2.02. The Kier molecular flexibility index (Phi) is 7.39. The number of aryl methyl sites for hydroxylation is 1. The lowest BCUT2D eigenvalue weighted by Crippen LogP contribution is -2.36. The van der Waals surface area contributed by atoms with E-state index in [0.717, 1.165) is 17.2 Å². The highest BCUT2D eigenvalue weighted by molar-refractivity contribution is 14.0. The third-order valence-corrected chi connectivity index (χ3v) is 3.13. The first-order chi connectivity index (χ1) is 10.2. The number of nitrogens with zero attached hydrogens (tertiary/aromatic N) is 4. The largest absolute Gasteiger partial charge is 0.352 e. The first kappa shape index (κ1) is 18.0. The van der Waals surface area contributed by atoms with Gasteiger partial charge in [0.05, 0.1) is 23.9 Å². The van der Waals surface area contributed by atoms with E-state index in [1.165, 1.54) is 0 Å². The van der Waals surface area contributed by atoms with E-state index in [4.69, 9.17) is 5.26 Å². The molecule has 0 fully saturated rings. The van der Waals surface area contributed by atoms with Crippen molar-refractivity contribution in [3.05, 3.63) is 53.3 Å². The molecule has 0 spiro atoms. The zero-order valence-corrected chi connectivity index (χ0v) is 14.9. The van der Waals surface area contributed by atoms with E-state index in [2.05, 4.69) is 26.8 Å². The van der Waals surface area contributed by atoms with Crippen LogP contribution in [0.25, 0.3) is 0 Å². The SMILES string of the molecule is CN=C(NCc1ccc(C#N)cc1)NCc1ccnn1C.I. The van der Waals surface area contributed by atoms with Gasteiger partial charge in [0.25, 0.3) is 0 Å². The smallest absolute Gasteiger partial charge is 0.191 e. The highest BCUT2D eigenvalue weighted by atomic mass is 127. The number of halogens is 1. The Hall–Kier alpha value is -2.08. The van der Waals surface area contributed by atoms with Crippen molar-refractivity contribution in [3.8, 4) is 6.07 Å². The lowest BCUT2D eigenvalue weighted by molar-refractivity contribution is 0.684. The molecule has 0 bridgehead atoms. The summed E-state index contributed by atoms with van der Waals surface area (Å²) in [5.74, 6) is 0.723. The summed E-state index contributed by atoms with van der Waals surface area (Å²) >= 11 is 0. The summed E-state index contributed by atoms with van der Waals surface area (Å²) in [6.07, 6.45) is 1.77. The van der Waals surface area contributed by atoms with Crippen molar-refractivity contribution in [2.24, 2.45) is 12.0 Å². The molecule has 0 atom stereocenters. The molecule has 22 heavy (non-hydrogen) atoms. The molecule has 2 N–H and O–H groups in total. The number of rotatable bonds is 4. The van der Waals surface area contributed by atoms with E-state index in [9.17, 15) is 0 Å². The van der Waals surface area contributed by atoms with Crippen LogP contribution in [0.2, 0.25) is 0 Å². The average molecular weight is 410 g/mol. The number of benzene rings is 1. The van der Waals surface area contributed by atoms with Gasteiger partial charge in [-0.2, -0.15) is 10.4 Å². The number of aliphatic imine (C=N–C) groups is 1. The van der Waals surface area contributed by atoms with Gasteiger partial charge in [0.1, 0.15) is 0 Å². The zero-order valence-electron chi connectivity index (χ0n) is 12.6. The van der Waals surface area contributed by atoms with Crippen molar-refractivity contribution in [2.45, 2.75) is 13.1 Å². The van der Waals surface area contributed by atoms with Crippen LogP contribution >= 0.6 is 24.0 Å². The molecule has 116 valence electrons. The van der Waals surface area contributed by atoms with E-state index in [0.29, 0.717) is 18.7 Å². The van der Waals surface area contributed by atoms with Gasteiger partial charge in [0, 0.05) is 26.8 Å². The predicted molar refractivity (Wildman–Crippen MR) is 96.8 cm³/mol. The number of nitriles is 1. The van der Waals surface area contributed by atoms with Gasteiger partial charge in [-0.15, -0.1) is 24.0 Å². The van der Waals surface area contributed by atoms with Gasteiger partial charge in [0.2, 0.25) is 0 Å². The summed E-state index contributed by atoms with van der Waals surface area (Å²) in [5, 5.41) is 19.3. The second-order valence-electron chi connectivity index (χ2n) is 4.53. The molecule has 6 nitrogen and oxygen atoms in total. The molecule has 7 heteroatoms. The van der Waals surface area contributed by atoms with Gasteiger partial charge in [-0.05, 0) is 23.8 Å². The molecule has 1 aromatic heterocycles. The Balaban J connectivity index is 0.00000242. The van der Waals surface area contributed by atoms with Crippen molar-refractivity contribution in [1.29, 1.82) is 5.26 Å². The van der Waals surface area contributed by atoms with E-state index in [-0.39, 0.29) is 24.0 Å².